The molecule has 1 rings (SSSR count). The molecule has 2 nitrogen and oxygen atoms in total. The summed E-state index contributed by atoms with van der Waals surface area (Å²) in [5.74, 6) is 0. The lowest BCUT2D eigenvalue weighted by molar-refractivity contribution is 0.892. The van der Waals surface area contributed by atoms with Crippen LogP contribution in [-0.2, 0) is 6.42 Å². The van der Waals surface area contributed by atoms with E-state index in [1.54, 1.807) is 0 Å². The van der Waals surface area contributed by atoms with Gasteiger partial charge in [0.1, 0.15) is 4.32 Å². The molecular weight excluding hydrogens is 188 g/mol. The molecule has 0 bridgehead atoms. The summed E-state index contributed by atoms with van der Waals surface area (Å²) >= 11 is 7.65. The molecule has 3 N–H and O–H groups in total. The number of hydrogen-bond donors (Lipinski definition) is 3. The molecule has 0 amide bonds. The first kappa shape index (κ1) is 11.5. The van der Waals surface area contributed by atoms with Crippen LogP contribution < -0.4 is 5.73 Å². The van der Waals surface area contributed by atoms with Gasteiger partial charge in [-0.05, 0) is 18.6 Å². The minimum Gasteiger partial charge on any atom is -0.385 e. The Balaban J connectivity index is 0.000000261. The maximum atomic E-state index is 4.71. The van der Waals surface area contributed by atoms with Crippen molar-refractivity contribution in [3.8, 4) is 0 Å². The van der Waals surface area contributed by atoms with Crippen molar-refractivity contribution < 1.29 is 0 Å². The molecule has 0 aromatic carbocycles. The Kier molecular flexibility index (Phi) is 6.90. The van der Waals surface area contributed by atoms with E-state index in [4.69, 9.17) is 5.73 Å². The second-order valence-electron chi connectivity index (χ2n) is 2.28. The summed E-state index contributed by atoms with van der Waals surface area (Å²) in [7, 11) is 0. The smallest absolute Gasteiger partial charge is 0.128 e. The Morgan fingerprint density at radius 3 is 2.67 bits per heavy atom. The molecule has 0 saturated carbocycles. The number of aromatic nitrogens is 1. The zero-order chi connectivity index (χ0) is 9.40. The van der Waals surface area contributed by atoms with Crippen molar-refractivity contribution in [1.29, 1.82) is 0 Å². The van der Waals surface area contributed by atoms with E-state index in [1.165, 1.54) is 18.5 Å². The molecule has 0 spiro atoms. The lowest BCUT2D eigenvalue weighted by Crippen LogP contribution is -1.94. The third kappa shape index (κ3) is 7.63. The van der Waals surface area contributed by atoms with Gasteiger partial charge in [0.2, 0.25) is 0 Å². The first-order valence-electron chi connectivity index (χ1n) is 3.77. The fourth-order valence-corrected chi connectivity index (χ4v) is 0.792. The van der Waals surface area contributed by atoms with E-state index in [2.05, 4.69) is 42.8 Å². The van der Waals surface area contributed by atoms with E-state index < -0.39 is 0 Å². The van der Waals surface area contributed by atoms with Crippen LogP contribution in [0.25, 0.3) is 0 Å². The number of thiol groups is 1. The summed E-state index contributed by atoms with van der Waals surface area (Å²) in [6, 6.07) is 4.15. The first-order chi connectivity index (χ1) is 5.66. The number of hydrogen-bond acceptors (Lipinski definition) is 1. The molecule has 1 heterocycles. The van der Waals surface area contributed by atoms with E-state index in [-0.39, 0.29) is 4.32 Å². The molecular formula is C8H14N2S2. The predicted molar refractivity (Wildman–Crippen MR) is 60.6 cm³/mol. The molecule has 0 unspecified atom stereocenters. The standard InChI is InChI=1S/C7H11N.CH3NS2/c1-2-4-7-5-3-6-8-7;2-1(3)4/h3,5-6,8H,2,4H2,1H3;(H3,2,3,4). The van der Waals surface area contributed by atoms with Gasteiger partial charge in [0.05, 0.1) is 0 Å². The highest BCUT2D eigenvalue weighted by atomic mass is 32.1. The second kappa shape index (κ2) is 7.18. The van der Waals surface area contributed by atoms with Crippen LogP contribution in [0.3, 0.4) is 0 Å². The first-order valence-corrected chi connectivity index (χ1v) is 4.63. The van der Waals surface area contributed by atoms with Crippen molar-refractivity contribution >= 4 is 29.2 Å². The van der Waals surface area contributed by atoms with Crippen molar-refractivity contribution in [2.24, 2.45) is 5.73 Å². The van der Waals surface area contributed by atoms with Crippen molar-refractivity contribution in [3.63, 3.8) is 0 Å². The van der Waals surface area contributed by atoms with Gasteiger partial charge in [-0.1, -0.05) is 25.6 Å². The topological polar surface area (TPSA) is 41.8 Å². The van der Waals surface area contributed by atoms with Crippen molar-refractivity contribution in [3.05, 3.63) is 24.0 Å². The normalized spacial score (nSPS) is 8.50. The highest BCUT2D eigenvalue weighted by Crippen LogP contribution is 1.96. The molecule has 0 fully saturated rings. The molecule has 0 atom stereocenters. The highest BCUT2D eigenvalue weighted by molar-refractivity contribution is 8.10. The van der Waals surface area contributed by atoms with E-state index in [9.17, 15) is 0 Å². The van der Waals surface area contributed by atoms with Gasteiger partial charge in [-0.25, -0.2) is 0 Å². The largest absolute Gasteiger partial charge is 0.385 e. The SMILES string of the molecule is CCCc1ccc[nH]1.NC(=S)S. The van der Waals surface area contributed by atoms with Crippen LogP contribution in [0.2, 0.25) is 0 Å². The maximum Gasteiger partial charge on any atom is 0.128 e. The number of aryl methyl sites for hydroxylation is 1. The monoisotopic (exact) mass is 202 g/mol. The molecule has 68 valence electrons. The summed E-state index contributed by atoms with van der Waals surface area (Å²) in [5, 5.41) is 0. The van der Waals surface area contributed by atoms with Crippen molar-refractivity contribution in [1.82, 2.24) is 4.98 Å². The molecule has 0 aliphatic carbocycles. The molecule has 1 aromatic rings. The Morgan fingerprint density at radius 1 is 1.75 bits per heavy atom. The van der Waals surface area contributed by atoms with E-state index >= 15 is 0 Å². The van der Waals surface area contributed by atoms with Gasteiger partial charge in [0.15, 0.2) is 0 Å². The summed E-state index contributed by atoms with van der Waals surface area (Å²) < 4.78 is 0.194. The number of rotatable bonds is 2. The second-order valence-corrected chi connectivity index (χ2v) is 3.51. The van der Waals surface area contributed by atoms with E-state index in [1.807, 2.05) is 12.3 Å². The van der Waals surface area contributed by atoms with E-state index in [0.29, 0.717) is 0 Å². The third-order valence-electron chi connectivity index (χ3n) is 1.18. The van der Waals surface area contributed by atoms with Crippen LogP contribution in [0.15, 0.2) is 18.3 Å². The Labute approximate surface area is 84.0 Å². The predicted octanol–water partition coefficient (Wildman–Crippen LogP) is 2.13. The van der Waals surface area contributed by atoms with Gasteiger partial charge < -0.3 is 10.7 Å². The number of aromatic amines is 1. The fraction of sp³-hybridized carbons (Fsp3) is 0.375. The fourth-order valence-electron chi connectivity index (χ4n) is 0.792. The molecule has 0 saturated heterocycles. The van der Waals surface area contributed by atoms with Crippen LogP contribution >= 0.6 is 24.8 Å². The van der Waals surface area contributed by atoms with Gasteiger partial charge in [0.25, 0.3) is 0 Å². The van der Waals surface area contributed by atoms with Crippen LogP contribution in [-0.4, -0.2) is 9.30 Å². The van der Waals surface area contributed by atoms with Gasteiger partial charge in [0, 0.05) is 11.9 Å². The molecule has 0 aliphatic heterocycles. The maximum absolute atomic E-state index is 4.71. The summed E-state index contributed by atoms with van der Waals surface area (Å²) in [6.45, 7) is 2.18. The quantitative estimate of drug-likeness (QED) is 0.508. The average molecular weight is 202 g/mol. The van der Waals surface area contributed by atoms with Crippen LogP contribution in [0, 0.1) is 0 Å². The number of nitrogens with two attached hydrogens (primary N) is 1. The number of nitrogens with one attached hydrogen (secondary N) is 1. The minimum absolute atomic E-state index is 0.194. The van der Waals surface area contributed by atoms with Gasteiger partial charge in [-0.15, -0.1) is 12.6 Å². The average Bonchev–Trinajstić information content (AvgIpc) is 2.39. The Morgan fingerprint density at radius 2 is 2.33 bits per heavy atom. The van der Waals surface area contributed by atoms with Gasteiger partial charge in [-0.3, -0.25) is 0 Å². The molecule has 1 aromatic heterocycles. The summed E-state index contributed by atoms with van der Waals surface area (Å²) in [4.78, 5) is 3.14. The van der Waals surface area contributed by atoms with Gasteiger partial charge in [-0.2, -0.15) is 0 Å². The van der Waals surface area contributed by atoms with Gasteiger partial charge >= 0.3 is 0 Å². The molecule has 0 aliphatic rings. The lowest BCUT2D eigenvalue weighted by Gasteiger charge is -1.87. The lowest BCUT2D eigenvalue weighted by atomic mass is 10.3. The molecule has 4 heteroatoms. The number of H-pyrrole nitrogens is 1. The Hall–Kier alpha value is -0.480. The van der Waals surface area contributed by atoms with Crippen LogP contribution in [0.5, 0.6) is 0 Å². The van der Waals surface area contributed by atoms with Crippen LogP contribution in [0.4, 0.5) is 0 Å². The Bertz CT molecular complexity index is 203. The minimum atomic E-state index is 0.194. The van der Waals surface area contributed by atoms with Crippen LogP contribution in [0.1, 0.15) is 19.0 Å². The zero-order valence-corrected chi connectivity index (χ0v) is 8.79. The summed E-state index contributed by atoms with van der Waals surface area (Å²) in [5.41, 5.74) is 6.05. The molecule has 12 heavy (non-hydrogen) atoms. The zero-order valence-electron chi connectivity index (χ0n) is 7.08. The van der Waals surface area contributed by atoms with Crippen molar-refractivity contribution in [2.45, 2.75) is 19.8 Å². The third-order valence-corrected chi connectivity index (χ3v) is 1.18. The molecule has 0 radical (unpaired) electrons. The number of thiocarbonyl (C=S) groups is 1. The van der Waals surface area contributed by atoms with Crippen molar-refractivity contribution in [2.75, 3.05) is 0 Å². The van der Waals surface area contributed by atoms with E-state index in [0.717, 1.165) is 0 Å². The summed E-state index contributed by atoms with van der Waals surface area (Å²) in [6.07, 6.45) is 4.36. The highest BCUT2D eigenvalue weighted by Gasteiger charge is 1.85.